The molecule has 8 heteroatoms. The van der Waals surface area contributed by atoms with Crippen molar-refractivity contribution in [1.29, 1.82) is 0 Å². The molecule has 0 fully saturated rings. The Morgan fingerprint density at radius 3 is 2.64 bits per heavy atom. The minimum Gasteiger partial charge on any atom is -0.465 e. The largest absolute Gasteiger partial charge is 0.465 e. The number of hydrogen-bond acceptors (Lipinski definition) is 5. The fourth-order valence-electron chi connectivity index (χ4n) is 1.85. The minimum atomic E-state index is -1.01. The molecular weight excluding hydrogens is 295 g/mol. The van der Waals surface area contributed by atoms with Crippen molar-refractivity contribution in [2.75, 3.05) is 11.9 Å². The van der Waals surface area contributed by atoms with Crippen molar-refractivity contribution in [1.82, 2.24) is 0 Å². The summed E-state index contributed by atoms with van der Waals surface area (Å²) in [6.45, 7) is 3.58. The van der Waals surface area contributed by atoms with Crippen molar-refractivity contribution in [3.63, 3.8) is 0 Å². The predicted molar refractivity (Wildman–Crippen MR) is 76.7 cm³/mol. The summed E-state index contributed by atoms with van der Waals surface area (Å²) in [4.78, 5) is 33.6. The minimum absolute atomic E-state index is 0.0449. The van der Waals surface area contributed by atoms with Gasteiger partial charge in [0.25, 0.3) is 0 Å². The summed E-state index contributed by atoms with van der Waals surface area (Å²) in [7, 11) is 0. The van der Waals surface area contributed by atoms with Crippen LogP contribution < -0.4 is 5.32 Å². The molecule has 0 aliphatic heterocycles. The average molecular weight is 312 g/mol. The first kappa shape index (κ1) is 17.5. The maximum atomic E-state index is 13.2. The maximum absolute atomic E-state index is 13.2. The third-order valence-corrected chi connectivity index (χ3v) is 2.88. The van der Waals surface area contributed by atoms with Gasteiger partial charge in [-0.1, -0.05) is 13.3 Å². The zero-order valence-corrected chi connectivity index (χ0v) is 12.3. The first-order valence-electron chi connectivity index (χ1n) is 6.82. The van der Waals surface area contributed by atoms with Gasteiger partial charge in [0.1, 0.15) is 5.92 Å². The lowest BCUT2D eigenvalue weighted by Gasteiger charge is -2.14. The molecular formula is C14H17FN2O5. The fraction of sp³-hybridized carbons (Fsp3) is 0.429. The van der Waals surface area contributed by atoms with E-state index < -0.39 is 34.2 Å². The first-order valence-corrected chi connectivity index (χ1v) is 6.82. The number of anilines is 1. The molecule has 0 aromatic heterocycles. The number of esters is 1. The lowest BCUT2D eigenvalue weighted by Crippen LogP contribution is -2.31. The van der Waals surface area contributed by atoms with Crippen LogP contribution in [-0.2, 0) is 14.3 Å². The Labute approximate surface area is 126 Å². The normalized spacial score (nSPS) is 11.6. The molecule has 120 valence electrons. The van der Waals surface area contributed by atoms with E-state index in [2.05, 4.69) is 5.32 Å². The molecule has 0 aliphatic carbocycles. The van der Waals surface area contributed by atoms with Crippen LogP contribution in [0.15, 0.2) is 18.2 Å². The predicted octanol–water partition coefficient (Wildman–Crippen LogP) is 2.65. The van der Waals surface area contributed by atoms with E-state index in [9.17, 15) is 24.1 Å². The van der Waals surface area contributed by atoms with Crippen molar-refractivity contribution in [2.45, 2.75) is 26.7 Å². The number of halogens is 1. The zero-order chi connectivity index (χ0) is 16.7. The molecule has 0 bridgehead atoms. The van der Waals surface area contributed by atoms with Gasteiger partial charge in [0, 0.05) is 11.8 Å². The fourth-order valence-corrected chi connectivity index (χ4v) is 1.85. The number of nitrogens with one attached hydrogen (secondary N) is 1. The summed E-state index contributed by atoms with van der Waals surface area (Å²) >= 11 is 0. The molecule has 0 heterocycles. The van der Waals surface area contributed by atoms with Gasteiger partial charge in [-0.05, 0) is 25.5 Å². The van der Waals surface area contributed by atoms with E-state index in [0.717, 1.165) is 12.1 Å². The summed E-state index contributed by atoms with van der Waals surface area (Å²) in [5.74, 6) is -3.30. The van der Waals surface area contributed by atoms with E-state index in [0.29, 0.717) is 6.42 Å². The monoisotopic (exact) mass is 312 g/mol. The number of benzene rings is 1. The number of hydrogen-bond donors (Lipinski definition) is 1. The third-order valence-electron chi connectivity index (χ3n) is 2.88. The van der Waals surface area contributed by atoms with Gasteiger partial charge in [0.05, 0.1) is 11.5 Å². The van der Waals surface area contributed by atoms with Crippen LogP contribution in [-0.4, -0.2) is 23.4 Å². The van der Waals surface area contributed by atoms with Crippen molar-refractivity contribution in [3.8, 4) is 0 Å². The summed E-state index contributed by atoms with van der Waals surface area (Å²) in [5.41, 5.74) is -0.704. The molecule has 1 unspecified atom stereocenters. The highest BCUT2D eigenvalue weighted by Crippen LogP contribution is 2.22. The number of ether oxygens (including phenoxy) is 1. The lowest BCUT2D eigenvalue weighted by atomic mass is 10.0. The second kappa shape index (κ2) is 8.06. The lowest BCUT2D eigenvalue weighted by molar-refractivity contribution is -0.387. The summed E-state index contributed by atoms with van der Waals surface area (Å²) in [6.07, 6.45) is 0.869. The quantitative estimate of drug-likeness (QED) is 0.361. The molecule has 1 rings (SSSR count). The van der Waals surface area contributed by atoms with Gasteiger partial charge in [-0.2, -0.15) is 4.39 Å². The van der Waals surface area contributed by atoms with Gasteiger partial charge in [0.2, 0.25) is 11.7 Å². The van der Waals surface area contributed by atoms with E-state index >= 15 is 0 Å². The van der Waals surface area contributed by atoms with Crippen molar-refractivity contribution in [3.05, 3.63) is 34.1 Å². The number of carbonyl (C=O) groups excluding carboxylic acids is 2. The molecule has 7 nitrogen and oxygen atoms in total. The summed E-state index contributed by atoms with van der Waals surface area (Å²) < 4.78 is 18.1. The van der Waals surface area contributed by atoms with Crippen LogP contribution in [0.4, 0.5) is 15.8 Å². The molecule has 0 radical (unpaired) electrons. The maximum Gasteiger partial charge on any atom is 0.318 e. The Bertz CT molecular complexity index is 576. The van der Waals surface area contributed by atoms with Crippen LogP contribution in [0.1, 0.15) is 26.7 Å². The molecule has 1 atom stereocenters. The van der Waals surface area contributed by atoms with Gasteiger partial charge in [-0.15, -0.1) is 0 Å². The van der Waals surface area contributed by atoms with E-state index in [4.69, 9.17) is 4.74 Å². The Morgan fingerprint density at radius 2 is 2.09 bits per heavy atom. The van der Waals surface area contributed by atoms with Crippen molar-refractivity contribution in [2.24, 2.45) is 5.92 Å². The highest BCUT2D eigenvalue weighted by Gasteiger charge is 2.27. The van der Waals surface area contributed by atoms with Crippen LogP contribution in [0.5, 0.6) is 0 Å². The number of nitro benzene ring substituents is 1. The summed E-state index contributed by atoms with van der Waals surface area (Å²) in [6, 6.07) is 2.97. The zero-order valence-electron chi connectivity index (χ0n) is 12.3. The number of nitro groups is 1. The second-order valence-electron chi connectivity index (χ2n) is 4.51. The number of rotatable bonds is 7. The molecule has 0 spiro atoms. The van der Waals surface area contributed by atoms with Crippen LogP contribution >= 0.6 is 0 Å². The standard InChI is InChI=1S/C14H17FN2O5/c1-3-5-10(14(19)22-4-2)13(18)16-9-6-7-11(15)12(8-9)17(20)21/h6-8,10H,3-5H2,1-2H3,(H,16,18). The molecule has 22 heavy (non-hydrogen) atoms. The van der Waals surface area contributed by atoms with Gasteiger partial charge in [-0.25, -0.2) is 0 Å². The van der Waals surface area contributed by atoms with Crippen LogP contribution in [0.3, 0.4) is 0 Å². The molecule has 1 amide bonds. The van der Waals surface area contributed by atoms with Crippen LogP contribution in [0.2, 0.25) is 0 Å². The van der Waals surface area contributed by atoms with E-state index in [1.807, 2.05) is 6.92 Å². The van der Waals surface area contributed by atoms with E-state index in [-0.39, 0.29) is 18.7 Å². The summed E-state index contributed by atoms with van der Waals surface area (Å²) in [5, 5.41) is 13.0. The highest BCUT2D eigenvalue weighted by atomic mass is 19.1. The molecule has 1 N–H and O–H groups in total. The van der Waals surface area contributed by atoms with E-state index in [1.54, 1.807) is 6.92 Å². The van der Waals surface area contributed by atoms with Crippen molar-refractivity contribution < 1.29 is 23.6 Å². The second-order valence-corrected chi connectivity index (χ2v) is 4.51. The Morgan fingerprint density at radius 1 is 1.41 bits per heavy atom. The highest BCUT2D eigenvalue weighted by molar-refractivity contribution is 6.04. The Balaban J connectivity index is 2.91. The number of nitrogens with zero attached hydrogens (tertiary/aromatic N) is 1. The molecule has 0 aliphatic rings. The van der Waals surface area contributed by atoms with Crippen LogP contribution in [0, 0.1) is 21.8 Å². The SMILES string of the molecule is CCCC(C(=O)Nc1ccc(F)c([N+](=O)[O-])c1)C(=O)OCC. The number of carbonyl (C=O) groups is 2. The molecule has 1 aromatic carbocycles. The average Bonchev–Trinajstić information content (AvgIpc) is 2.46. The molecule has 0 saturated heterocycles. The molecule has 1 aromatic rings. The third kappa shape index (κ3) is 4.51. The van der Waals surface area contributed by atoms with Crippen LogP contribution in [0.25, 0.3) is 0 Å². The van der Waals surface area contributed by atoms with Crippen molar-refractivity contribution >= 4 is 23.3 Å². The first-order chi connectivity index (χ1) is 10.4. The molecule has 0 saturated carbocycles. The van der Waals surface area contributed by atoms with Gasteiger partial charge in [0.15, 0.2) is 0 Å². The van der Waals surface area contributed by atoms with Gasteiger partial charge >= 0.3 is 11.7 Å². The topological polar surface area (TPSA) is 98.5 Å². The van der Waals surface area contributed by atoms with Gasteiger partial charge < -0.3 is 10.1 Å². The van der Waals surface area contributed by atoms with Gasteiger partial charge in [-0.3, -0.25) is 19.7 Å². The Kier molecular flexibility index (Phi) is 6.43. The van der Waals surface area contributed by atoms with E-state index in [1.165, 1.54) is 6.07 Å². The smallest absolute Gasteiger partial charge is 0.318 e. The number of amides is 1. The Hall–Kier alpha value is -2.51.